The smallest absolute Gasteiger partial charge is 0.324 e. The van der Waals surface area contributed by atoms with Crippen LogP contribution >= 0.6 is 0 Å². The highest BCUT2D eigenvalue weighted by atomic mass is 16.5. The van der Waals surface area contributed by atoms with Crippen LogP contribution in [0.1, 0.15) is 43.5 Å². The largest absolute Gasteiger partial charge is 0.508 e. The molecule has 0 bridgehead atoms. The number of aromatic nitrogens is 2. The van der Waals surface area contributed by atoms with Gasteiger partial charge in [0.2, 0.25) is 0 Å². The first-order chi connectivity index (χ1) is 16.2. The Morgan fingerprint density at radius 1 is 1.09 bits per heavy atom. The molecule has 0 atom stereocenters. The van der Waals surface area contributed by atoms with E-state index in [0.29, 0.717) is 23.7 Å². The summed E-state index contributed by atoms with van der Waals surface area (Å²) in [4.78, 5) is 15.8. The van der Waals surface area contributed by atoms with Crippen LogP contribution in [-0.4, -0.2) is 21.3 Å². The van der Waals surface area contributed by atoms with Crippen molar-refractivity contribution >= 4 is 39.4 Å². The Hall–Kier alpha value is -4.20. The van der Waals surface area contributed by atoms with E-state index in [-0.39, 0.29) is 11.2 Å². The van der Waals surface area contributed by atoms with Crippen LogP contribution in [-0.2, 0) is 11.8 Å². The van der Waals surface area contributed by atoms with Gasteiger partial charge in [0.25, 0.3) is 0 Å². The minimum atomic E-state index is -0.409. The Labute approximate surface area is 195 Å². The van der Waals surface area contributed by atoms with Crippen molar-refractivity contribution in [2.45, 2.75) is 39.5 Å². The molecule has 5 rings (SSSR count). The summed E-state index contributed by atoms with van der Waals surface area (Å²) in [6.07, 6.45) is 0.585. The fraction of sp³-hybridized carbons (Fsp3) is 0.231. The first-order valence-corrected chi connectivity index (χ1v) is 11.0. The number of aromatic hydroxyl groups is 1. The fourth-order valence-corrected chi connectivity index (χ4v) is 3.95. The molecule has 3 heterocycles. The van der Waals surface area contributed by atoms with Crippen molar-refractivity contribution in [3.63, 3.8) is 0 Å². The van der Waals surface area contributed by atoms with Gasteiger partial charge in [-0.05, 0) is 55.0 Å². The number of hydrogen-bond donors (Lipinski definition) is 4. The average Bonchev–Trinajstić information content (AvgIpc) is 3.46. The van der Waals surface area contributed by atoms with Crippen LogP contribution in [0.2, 0.25) is 0 Å². The molecule has 0 aliphatic rings. The molecule has 34 heavy (non-hydrogen) atoms. The number of nitrogens with one attached hydrogen (secondary N) is 3. The lowest BCUT2D eigenvalue weighted by atomic mass is 9.93. The number of amides is 2. The molecule has 0 aliphatic carbocycles. The van der Waals surface area contributed by atoms with E-state index in [9.17, 15) is 9.90 Å². The van der Waals surface area contributed by atoms with Gasteiger partial charge in [-0.1, -0.05) is 25.9 Å². The van der Waals surface area contributed by atoms with E-state index in [1.807, 2.05) is 52.0 Å². The maximum absolute atomic E-state index is 12.4. The monoisotopic (exact) mass is 458 g/mol. The molecular formula is C26H26N4O4. The maximum atomic E-state index is 12.4. The number of phenolic OH excluding ortho intramolecular Hbond substituents is 1. The number of aryl methyl sites for hydroxylation is 1. The number of anilines is 2. The van der Waals surface area contributed by atoms with E-state index in [1.54, 1.807) is 24.3 Å². The second-order valence-corrected chi connectivity index (χ2v) is 9.51. The highest BCUT2D eigenvalue weighted by Gasteiger charge is 2.20. The molecule has 4 N–H and O–H groups in total. The number of benzene rings is 2. The average molecular weight is 459 g/mol. The van der Waals surface area contributed by atoms with Crippen molar-refractivity contribution in [3.8, 4) is 5.75 Å². The quantitative estimate of drug-likeness (QED) is 0.247. The van der Waals surface area contributed by atoms with E-state index < -0.39 is 6.03 Å². The van der Waals surface area contributed by atoms with Crippen LogP contribution in [0, 0.1) is 6.92 Å². The predicted molar refractivity (Wildman–Crippen MR) is 132 cm³/mol. The van der Waals surface area contributed by atoms with Gasteiger partial charge >= 0.3 is 6.03 Å². The third kappa shape index (κ3) is 4.22. The molecule has 5 aromatic rings. The molecule has 2 amide bonds. The molecule has 0 aliphatic heterocycles. The predicted octanol–water partition coefficient (Wildman–Crippen LogP) is 6.45. The molecule has 8 heteroatoms. The Morgan fingerprint density at radius 2 is 1.91 bits per heavy atom. The first kappa shape index (κ1) is 21.6. The van der Waals surface area contributed by atoms with Gasteiger partial charge in [0.05, 0.1) is 0 Å². The summed E-state index contributed by atoms with van der Waals surface area (Å²) in [6, 6.07) is 14.1. The molecule has 0 fully saturated rings. The van der Waals surface area contributed by atoms with Gasteiger partial charge in [0, 0.05) is 45.6 Å². The third-order valence-corrected chi connectivity index (χ3v) is 5.81. The van der Waals surface area contributed by atoms with Gasteiger partial charge in [-0.25, -0.2) is 4.79 Å². The summed E-state index contributed by atoms with van der Waals surface area (Å²) in [5.41, 5.74) is 4.25. The first-order valence-electron chi connectivity index (χ1n) is 11.0. The van der Waals surface area contributed by atoms with Crippen molar-refractivity contribution in [2.75, 3.05) is 10.6 Å². The fourth-order valence-electron chi connectivity index (χ4n) is 3.95. The molecule has 0 spiro atoms. The lowest BCUT2D eigenvalue weighted by Crippen LogP contribution is -2.19. The molecular weight excluding hydrogens is 432 g/mol. The topological polar surface area (TPSA) is 116 Å². The second-order valence-electron chi connectivity index (χ2n) is 9.51. The summed E-state index contributed by atoms with van der Waals surface area (Å²) in [5.74, 6) is 2.09. The third-order valence-electron chi connectivity index (χ3n) is 5.81. The van der Waals surface area contributed by atoms with Crippen LogP contribution in [0.25, 0.3) is 21.9 Å². The number of hydrogen-bond acceptors (Lipinski definition) is 5. The zero-order valence-corrected chi connectivity index (χ0v) is 19.4. The van der Waals surface area contributed by atoms with Crippen LogP contribution in [0.5, 0.6) is 5.75 Å². The highest BCUT2D eigenvalue weighted by molar-refractivity contribution is 6.00. The standard InChI is InChI=1S/C26H26N4O4/c1-14-19-11-17(31)6-7-20(19)28-21(14)12-18-10-15-9-16(5-8-22(15)33-18)27-25(32)29-24-13-23(34-30-24)26(2,3)4/h5-11,13,28,31H,12H2,1-4H3,(H2,27,29,30,32). The summed E-state index contributed by atoms with van der Waals surface area (Å²) in [6.45, 7) is 8.05. The van der Waals surface area contributed by atoms with E-state index in [0.717, 1.165) is 38.9 Å². The van der Waals surface area contributed by atoms with E-state index in [2.05, 4.69) is 20.8 Å². The van der Waals surface area contributed by atoms with Gasteiger partial charge in [-0.3, -0.25) is 5.32 Å². The SMILES string of the molecule is Cc1c(Cc2cc3cc(NC(=O)Nc4cc(C(C)(C)C)on4)ccc3o2)[nH]c2ccc(O)cc12. The van der Waals surface area contributed by atoms with Crippen molar-refractivity contribution in [1.82, 2.24) is 10.1 Å². The van der Waals surface area contributed by atoms with Crippen molar-refractivity contribution in [3.05, 3.63) is 71.3 Å². The molecule has 0 unspecified atom stereocenters. The number of H-pyrrole nitrogens is 1. The summed E-state index contributed by atoms with van der Waals surface area (Å²) in [5, 5.41) is 21.1. The second kappa shape index (κ2) is 7.98. The summed E-state index contributed by atoms with van der Waals surface area (Å²) >= 11 is 0. The number of fused-ring (bicyclic) bond motifs is 2. The molecule has 0 saturated heterocycles. The Balaban J connectivity index is 1.30. The lowest BCUT2D eigenvalue weighted by molar-refractivity contribution is 0.262. The molecule has 174 valence electrons. The van der Waals surface area contributed by atoms with E-state index in [1.165, 1.54) is 0 Å². The van der Waals surface area contributed by atoms with Gasteiger partial charge in [-0.15, -0.1) is 0 Å². The van der Waals surface area contributed by atoms with Crippen LogP contribution in [0.3, 0.4) is 0 Å². The zero-order valence-electron chi connectivity index (χ0n) is 19.4. The van der Waals surface area contributed by atoms with Crippen molar-refractivity contribution in [2.24, 2.45) is 0 Å². The van der Waals surface area contributed by atoms with Crippen molar-refractivity contribution in [1.29, 1.82) is 0 Å². The number of nitrogens with zero attached hydrogens (tertiary/aromatic N) is 1. The number of carbonyl (C=O) groups is 1. The van der Waals surface area contributed by atoms with E-state index in [4.69, 9.17) is 8.94 Å². The molecule has 3 aromatic heterocycles. The van der Waals surface area contributed by atoms with Gasteiger partial charge in [0.1, 0.15) is 22.9 Å². The maximum Gasteiger partial charge on any atom is 0.324 e. The van der Waals surface area contributed by atoms with Gasteiger partial charge < -0.3 is 24.3 Å². The molecule has 0 radical (unpaired) electrons. The van der Waals surface area contributed by atoms with E-state index >= 15 is 0 Å². The zero-order chi connectivity index (χ0) is 24.0. The summed E-state index contributed by atoms with van der Waals surface area (Å²) in [7, 11) is 0. The van der Waals surface area contributed by atoms with Gasteiger partial charge in [0.15, 0.2) is 5.82 Å². The summed E-state index contributed by atoms with van der Waals surface area (Å²) < 4.78 is 11.3. The Morgan fingerprint density at radius 3 is 2.68 bits per heavy atom. The van der Waals surface area contributed by atoms with Crippen molar-refractivity contribution < 1.29 is 18.8 Å². The van der Waals surface area contributed by atoms with Crippen LogP contribution in [0.4, 0.5) is 16.3 Å². The number of furan rings is 1. The number of aromatic amines is 1. The molecule has 0 saturated carbocycles. The number of carbonyl (C=O) groups excluding carboxylic acids is 1. The number of rotatable bonds is 4. The minimum absolute atomic E-state index is 0.194. The lowest BCUT2D eigenvalue weighted by Gasteiger charge is -2.12. The molecule has 8 nitrogen and oxygen atoms in total. The van der Waals surface area contributed by atoms with Gasteiger partial charge in [-0.2, -0.15) is 0 Å². The van der Waals surface area contributed by atoms with Crippen LogP contribution in [0.15, 0.2) is 57.5 Å². The number of phenols is 1. The molecule has 2 aromatic carbocycles. The Bertz CT molecular complexity index is 1520. The Kier molecular flexibility index (Phi) is 5.08. The number of urea groups is 1. The minimum Gasteiger partial charge on any atom is -0.508 e. The van der Waals surface area contributed by atoms with Crippen LogP contribution < -0.4 is 10.6 Å². The highest BCUT2D eigenvalue weighted by Crippen LogP contribution is 2.29. The normalized spacial score (nSPS) is 11.9.